The van der Waals surface area contributed by atoms with Gasteiger partial charge in [0.25, 0.3) is 0 Å². The molecule has 8 nitrogen and oxygen atoms in total. The second-order valence-corrected chi connectivity index (χ2v) is 9.17. The Morgan fingerprint density at radius 1 is 1.39 bits per heavy atom. The van der Waals surface area contributed by atoms with Crippen molar-refractivity contribution in [3.8, 4) is 12.3 Å². The van der Waals surface area contributed by atoms with Crippen molar-refractivity contribution in [1.82, 2.24) is 15.1 Å². The van der Waals surface area contributed by atoms with Crippen LogP contribution in [0, 0.1) is 12.3 Å². The number of aryl methyl sites for hydroxylation is 1. The van der Waals surface area contributed by atoms with E-state index in [1.54, 1.807) is 4.90 Å². The minimum absolute atomic E-state index is 0.173. The van der Waals surface area contributed by atoms with Crippen molar-refractivity contribution in [3.63, 3.8) is 0 Å². The van der Waals surface area contributed by atoms with Gasteiger partial charge >= 0.3 is 12.0 Å². The number of ether oxygens (including phenoxy) is 2. The first kappa shape index (κ1) is 23.8. The van der Waals surface area contributed by atoms with Crippen molar-refractivity contribution >= 4 is 40.1 Å². The van der Waals surface area contributed by atoms with Gasteiger partial charge in [0.05, 0.1) is 6.54 Å². The number of amides is 2. The number of alkyl halides is 1. The van der Waals surface area contributed by atoms with Crippen LogP contribution < -0.4 is 4.90 Å². The quantitative estimate of drug-likeness (QED) is 0.296. The molecular formula is C21H29ClN4O4S. The first-order valence-corrected chi connectivity index (χ1v) is 12.1. The first-order valence-electron chi connectivity index (χ1n) is 10.8. The van der Waals surface area contributed by atoms with E-state index >= 15 is 0 Å². The SMILES string of the molecule is C#CC(CCC)(CCC)N1CC(OC(=O)C2CCCO2)N(c2nnc(CCCl)s2)C1=O. The normalized spacial score (nSPS) is 21.5. The second kappa shape index (κ2) is 10.6. The van der Waals surface area contributed by atoms with Gasteiger partial charge in [-0.1, -0.05) is 43.9 Å². The minimum Gasteiger partial charge on any atom is -0.437 e. The fourth-order valence-electron chi connectivity index (χ4n) is 4.16. The molecule has 1 aromatic heterocycles. The van der Waals surface area contributed by atoms with Crippen molar-refractivity contribution in [3.05, 3.63) is 5.01 Å². The molecule has 0 aliphatic carbocycles. The highest BCUT2D eigenvalue weighted by Crippen LogP contribution is 2.36. The summed E-state index contributed by atoms with van der Waals surface area (Å²) in [5.74, 6) is 2.81. The van der Waals surface area contributed by atoms with Crippen molar-refractivity contribution in [2.24, 2.45) is 0 Å². The standard InChI is InChI=1S/C21H29ClN4O4S/c1-4-10-21(6-3,11-5-2)25-14-17(30-18(27)15-8-7-13-29-15)26(20(25)28)19-24-23-16(31-19)9-12-22/h3,15,17H,4-5,7-14H2,1-2H3. The number of halogens is 1. The summed E-state index contributed by atoms with van der Waals surface area (Å²) in [6, 6.07) is -0.321. The number of hydrogen-bond donors (Lipinski definition) is 0. The second-order valence-electron chi connectivity index (χ2n) is 7.75. The molecule has 31 heavy (non-hydrogen) atoms. The molecule has 2 fully saturated rings. The number of aromatic nitrogens is 2. The Hall–Kier alpha value is -1.89. The summed E-state index contributed by atoms with van der Waals surface area (Å²) in [5.41, 5.74) is -0.743. The zero-order chi connectivity index (χ0) is 22.4. The summed E-state index contributed by atoms with van der Waals surface area (Å²) in [6.07, 6.45) is 9.47. The Balaban J connectivity index is 1.92. The molecule has 0 spiro atoms. The monoisotopic (exact) mass is 468 g/mol. The minimum atomic E-state index is -0.845. The Morgan fingerprint density at radius 3 is 2.71 bits per heavy atom. The molecule has 2 amide bonds. The third kappa shape index (κ3) is 4.97. The van der Waals surface area contributed by atoms with Gasteiger partial charge in [0.2, 0.25) is 11.4 Å². The third-order valence-electron chi connectivity index (χ3n) is 5.59. The number of urea groups is 1. The highest BCUT2D eigenvalue weighted by Gasteiger charge is 2.50. The van der Waals surface area contributed by atoms with Crippen molar-refractivity contribution in [1.29, 1.82) is 0 Å². The zero-order valence-corrected chi connectivity index (χ0v) is 19.6. The third-order valence-corrected chi connectivity index (χ3v) is 6.76. The van der Waals surface area contributed by atoms with Gasteiger partial charge in [-0.05, 0) is 25.7 Å². The summed E-state index contributed by atoms with van der Waals surface area (Å²) >= 11 is 7.09. The summed E-state index contributed by atoms with van der Waals surface area (Å²) in [7, 11) is 0. The Kier molecular flexibility index (Phi) is 8.14. The van der Waals surface area contributed by atoms with E-state index in [4.69, 9.17) is 27.5 Å². The van der Waals surface area contributed by atoms with Crippen LogP contribution in [0.25, 0.3) is 0 Å². The number of hydrogen-bond acceptors (Lipinski definition) is 7. The highest BCUT2D eigenvalue weighted by molar-refractivity contribution is 7.15. The highest BCUT2D eigenvalue weighted by atomic mass is 35.5. The van der Waals surface area contributed by atoms with Gasteiger partial charge in [-0.15, -0.1) is 28.2 Å². The van der Waals surface area contributed by atoms with Gasteiger partial charge < -0.3 is 14.4 Å². The number of rotatable bonds is 10. The lowest BCUT2D eigenvalue weighted by atomic mass is 9.88. The number of carbonyl (C=O) groups is 2. The zero-order valence-electron chi connectivity index (χ0n) is 18.0. The van der Waals surface area contributed by atoms with E-state index in [9.17, 15) is 9.59 Å². The lowest BCUT2D eigenvalue weighted by Gasteiger charge is -2.37. The number of nitrogens with zero attached hydrogens (tertiary/aromatic N) is 4. The lowest BCUT2D eigenvalue weighted by molar-refractivity contribution is -0.159. The van der Waals surface area contributed by atoms with Crippen molar-refractivity contribution in [2.75, 3.05) is 23.9 Å². The van der Waals surface area contributed by atoms with E-state index in [1.165, 1.54) is 16.2 Å². The number of carbonyl (C=O) groups excluding carboxylic acids is 2. The molecule has 0 aromatic carbocycles. The van der Waals surface area contributed by atoms with Crippen LogP contribution in [0.4, 0.5) is 9.93 Å². The number of anilines is 1. The average Bonchev–Trinajstić information content (AvgIpc) is 3.49. The van der Waals surface area contributed by atoms with E-state index in [-0.39, 0.29) is 12.6 Å². The molecule has 1 aromatic rings. The van der Waals surface area contributed by atoms with E-state index in [0.29, 0.717) is 48.3 Å². The van der Waals surface area contributed by atoms with Crippen LogP contribution in [0.5, 0.6) is 0 Å². The van der Waals surface area contributed by atoms with E-state index < -0.39 is 23.8 Å². The molecule has 2 aliphatic heterocycles. The van der Waals surface area contributed by atoms with Gasteiger partial charge in [0.1, 0.15) is 10.5 Å². The molecule has 2 unspecified atom stereocenters. The van der Waals surface area contributed by atoms with Crippen molar-refractivity contribution in [2.45, 2.75) is 76.7 Å². The Bertz CT molecular complexity index is 815. The van der Waals surface area contributed by atoms with Crippen LogP contribution in [0.3, 0.4) is 0 Å². The van der Waals surface area contributed by atoms with Gasteiger partial charge in [-0.3, -0.25) is 0 Å². The summed E-state index contributed by atoms with van der Waals surface area (Å²) in [6.45, 7) is 4.78. The summed E-state index contributed by atoms with van der Waals surface area (Å²) in [5, 5.41) is 9.38. The smallest absolute Gasteiger partial charge is 0.337 e. The maximum Gasteiger partial charge on any atom is 0.337 e. The molecule has 2 atom stereocenters. The number of esters is 1. The van der Waals surface area contributed by atoms with E-state index in [1.807, 2.05) is 13.8 Å². The Labute approximate surface area is 192 Å². The molecule has 0 bridgehead atoms. The summed E-state index contributed by atoms with van der Waals surface area (Å²) in [4.78, 5) is 29.3. The molecule has 10 heteroatoms. The predicted octanol–water partition coefficient (Wildman–Crippen LogP) is 3.58. The first-order chi connectivity index (χ1) is 15.0. The van der Waals surface area contributed by atoms with Gasteiger partial charge in [-0.25, -0.2) is 14.5 Å². The van der Waals surface area contributed by atoms with Crippen molar-refractivity contribution < 1.29 is 19.1 Å². The van der Waals surface area contributed by atoms with Crippen LogP contribution in [-0.4, -0.2) is 64.0 Å². The molecule has 3 rings (SSSR count). The fraction of sp³-hybridized carbons (Fsp3) is 0.714. The molecule has 0 N–H and O–H groups in total. The number of terminal acetylenes is 1. The predicted molar refractivity (Wildman–Crippen MR) is 119 cm³/mol. The van der Waals surface area contributed by atoms with E-state index in [2.05, 4.69) is 16.1 Å². The fourth-order valence-corrected chi connectivity index (χ4v) is 5.33. The van der Waals surface area contributed by atoms with Crippen LogP contribution in [-0.2, 0) is 20.7 Å². The van der Waals surface area contributed by atoms with Crippen LogP contribution in [0.15, 0.2) is 0 Å². The maximum absolute atomic E-state index is 13.6. The average molecular weight is 469 g/mol. The summed E-state index contributed by atoms with van der Waals surface area (Å²) < 4.78 is 11.2. The lowest BCUT2D eigenvalue weighted by Crippen LogP contribution is -2.49. The van der Waals surface area contributed by atoms with Gasteiger partial charge in [0.15, 0.2) is 6.10 Å². The van der Waals surface area contributed by atoms with Crippen LogP contribution >= 0.6 is 22.9 Å². The molecule has 3 heterocycles. The molecule has 170 valence electrons. The molecule has 2 aliphatic rings. The molecular weight excluding hydrogens is 440 g/mol. The van der Waals surface area contributed by atoms with Gasteiger partial charge in [0, 0.05) is 18.9 Å². The molecule has 2 saturated heterocycles. The van der Waals surface area contributed by atoms with Crippen LogP contribution in [0.2, 0.25) is 0 Å². The molecule has 0 radical (unpaired) electrons. The maximum atomic E-state index is 13.6. The van der Waals surface area contributed by atoms with Crippen LogP contribution in [0.1, 0.15) is 57.4 Å². The largest absolute Gasteiger partial charge is 0.437 e. The van der Waals surface area contributed by atoms with E-state index in [0.717, 1.165) is 19.3 Å². The topological polar surface area (TPSA) is 84.9 Å². The van der Waals surface area contributed by atoms with Gasteiger partial charge in [-0.2, -0.15) is 0 Å². The molecule has 0 saturated carbocycles. The Morgan fingerprint density at radius 2 is 2.13 bits per heavy atom.